The number of carbonyl (C=O) groups is 2. The number of halogens is 1. The SMILES string of the molecule is COC(=O)C1=C(CS(=O)(=O)c2ccc(OC)c(Cl)c2)NC(=O)N[C@@H]1c1ccc(O)cc1. The van der Waals surface area contributed by atoms with Crippen LogP contribution in [0.4, 0.5) is 4.79 Å². The summed E-state index contributed by atoms with van der Waals surface area (Å²) >= 11 is 6.04. The first kappa shape index (κ1) is 22.4. The number of ether oxygens (including phenoxy) is 2. The third-order valence-corrected chi connectivity index (χ3v) is 6.54. The van der Waals surface area contributed by atoms with Crippen molar-refractivity contribution in [3.05, 3.63) is 64.3 Å². The van der Waals surface area contributed by atoms with Crippen LogP contribution in [0.3, 0.4) is 0 Å². The lowest BCUT2D eigenvalue weighted by Crippen LogP contribution is -2.47. The lowest BCUT2D eigenvalue weighted by Gasteiger charge is -2.29. The normalized spacial score (nSPS) is 16.4. The summed E-state index contributed by atoms with van der Waals surface area (Å²) in [4.78, 5) is 24.7. The van der Waals surface area contributed by atoms with Crippen molar-refractivity contribution < 1.29 is 32.6 Å². The van der Waals surface area contributed by atoms with E-state index < -0.39 is 33.6 Å². The molecule has 0 fully saturated rings. The average Bonchev–Trinajstić information content (AvgIpc) is 2.73. The summed E-state index contributed by atoms with van der Waals surface area (Å²) < 4.78 is 35.9. The summed E-state index contributed by atoms with van der Waals surface area (Å²) in [6.07, 6.45) is 0. The van der Waals surface area contributed by atoms with Crippen molar-refractivity contribution in [1.29, 1.82) is 0 Å². The Kier molecular flexibility index (Phi) is 6.42. The molecule has 2 aromatic rings. The zero-order valence-corrected chi connectivity index (χ0v) is 18.1. The number of amides is 2. The minimum atomic E-state index is -4.01. The van der Waals surface area contributed by atoms with Crippen molar-refractivity contribution in [3.63, 3.8) is 0 Å². The molecule has 31 heavy (non-hydrogen) atoms. The maximum Gasteiger partial charge on any atom is 0.338 e. The van der Waals surface area contributed by atoms with E-state index >= 15 is 0 Å². The van der Waals surface area contributed by atoms with Crippen LogP contribution in [0.2, 0.25) is 5.02 Å². The van der Waals surface area contributed by atoms with Crippen LogP contribution in [0.25, 0.3) is 0 Å². The topological polar surface area (TPSA) is 131 Å². The highest BCUT2D eigenvalue weighted by molar-refractivity contribution is 7.91. The van der Waals surface area contributed by atoms with Crippen molar-refractivity contribution in [2.24, 2.45) is 0 Å². The lowest BCUT2D eigenvalue weighted by atomic mass is 9.95. The Morgan fingerprint density at radius 1 is 1.16 bits per heavy atom. The fourth-order valence-corrected chi connectivity index (χ4v) is 4.78. The molecule has 164 valence electrons. The van der Waals surface area contributed by atoms with Crippen LogP contribution < -0.4 is 15.4 Å². The summed E-state index contributed by atoms with van der Waals surface area (Å²) in [6, 6.07) is 8.06. The van der Waals surface area contributed by atoms with Crippen LogP contribution in [0.5, 0.6) is 11.5 Å². The molecule has 11 heteroatoms. The molecule has 0 aliphatic carbocycles. The molecular weight excluding hydrogens is 448 g/mol. The van der Waals surface area contributed by atoms with Gasteiger partial charge in [0.25, 0.3) is 0 Å². The van der Waals surface area contributed by atoms with Gasteiger partial charge in [-0.1, -0.05) is 23.7 Å². The van der Waals surface area contributed by atoms with Gasteiger partial charge in [-0.15, -0.1) is 0 Å². The number of sulfone groups is 1. The number of rotatable bonds is 6. The van der Waals surface area contributed by atoms with Gasteiger partial charge in [0, 0.05) is 5.70 Å². The predicted molar refractivity (Wildman–Crippen MR) is 112 cm³/mol. The van der Waals surface area contributed by atoms with Crippen LogP contribution >= 0.6 is 11.6 Å². The van der Waals surface area contributed by atoms with Gasteiger partial charge in [-0.05, 0) is 35.9 Å². The largest absolute Gasteiger partial charge is 0.508 e. The number of methoxy groups -OCH3 is 2. The molecule has 0 saturated heterocycles. The Hall–Kier alpha value is -3.24. The number of phenolic OH excluding ortho intramolecular Hbond substituents is 1. The average molecular weight is 467 g/mol. The van der Waals surface area contributed by atoms with Crippen LogP contribution in [-0.2, 0) is 19.4 Å². The van der Waals surface area contributed by atoms with E-state index in [0.717, 1.165) is 7.11 Å². The molecule has 0 unspecified atom stereocenters. The highest BCUT2D eigenvalue weighted by atomic mass is 35.5. The number of phenols is 1. The Morgan fingerprint density at radius 2 is 1.84 bits per heavy atom. The maximum absolute atomic E-state index is 13.0. The molecule has 0 aromatic heterocycles. The third kappa shape index (κ3) is 4.75. The second kappa shape index (κ2) is 8.86. The molecule has 1 atom stereocenters. The molecule has 1 aliphatic rings. The number of esters is 1. The van der Waals surface area contributed by atoms with Crippen LogP contribution in [0, 0.1) is 0 Å². The number of nitrogens with one attached hydrogen (secondary N) is 2. The first-order valence-electron chi connectivity index (χ1n) is 8.90. The predicted octanol–water partition coefficient (Wildman–Crippen LogP) is 2.31. The van der Waals surface area contributed by atoms with Crippen molar-refractivity contribution in [1.82, 2.24) is 10.6 Å². The highest BCUT2D eigenvalue weighted by Crippen LogP contribution is 2.31. The van der Waals surface area contributed by atoms with Crippen molar-refractivity contribution in [2.75, 3.05) is 20.0 Å². The second-order valence-electron chi connectivity index (χ2n) is 6.56. The molecule has 1 heterocycles. The van der Waals surface area contributed by atoms with Gasteiger partial charge in [-0.25, -0.2) is 18.0 Å². The highest BCUT2D eigenvalue weighted by Gasteiger charge is 2.35. The van der Waals surface area contributed by atoms with Crippen LogP contribution in [0.15, 0.2) is 58.6 Å². The van der Waals surface area contributed by atoms with E-state index in [1.54, 1.807) is 0 Å². The first-order chi connectivity index (χ1) is 14.7. The fraction of sp³-hybridized carbons (Fsp3) is 0.200. The first-order valence-corrected chi connectivity index (χ1v) is 10.9. The van der Waals surface area contributed by atoms with E-state index in [0.29, 0.717) is 11.3 Å². The molecule has 3 rings (SSSR count). The van der Waals surface area contributed by atoms with Gasteiger partial charge in [0.15, 0.2) is 9.84 Å². The Morgan fingerprint density at radius 3 is 2.42 bits per heavy atom. The summed E-state index contributed by atoms with van der Waals surface area (Å²) in [5.41, 5.74) is 0.257. The number of hydrogen-bond donors (Lipinski definition) is 3. The van der Waals surface area contributed by atoms with Crippen LogP contribution in [0.1, 0.15) is 11.6 Å². The molecular formula is C20H19ClN2O7S. The van der Waals surface area contributed by atoms with E-state index in [9.17, 15) is 23.1 Å². The van der Waals surface area contributed by atoms with Gasteiger partial charge in [-0.3, -0.25) is 0 Å². The van der Waals surface area contributed by atoms with Crippen LogP contribution in [-0.4, -0.2) is 45.5 Å². The molecule has 0 spiro atoms. The Bertz CT molecular complexity index is 1160. The van der Waals surface area contributed by atoms with Gasteiger partial charge in [0.2, 0.25) is 0 Å². The molecule has 2 amide bonds. The van der Waals surface area contributed by atoms with E-state index in [2.05, 4.69) is 10.6 Å². The number of benzene rings is 2. The maximum atomic E-state index is 13.0. The molecule has 9 nitrogen and oxygen atoms in total. The van der Waals surface area contributed by atoms with E-state index in [-0.39, 0.29) is 26.9 Å². The van der Waals surface area contributed by atoms with Crippen molar-refractivity contribution >= 4 is 33.4 Å². The number of carbonyl (C=O) groups excluding carboxylic acids is 2. The van der Waals surface area contributed by atoms with Crippen molar-refractivity contribution in [3.8, 4) is 11.5 Å². The van der Waals surface area contributed by atoms with E-state index in [1.807, 2.05) is 0 Å². The standard InChI is InChI=1S/C20H19ClN2O7S/c1-29-16-8-7-13(9-14(16)21)31(27,28)10-15-17(19(25)30-2)18(23-20(26)22-15)11-3-5-12(24)6-4-11/h3-9,18,24H,10H2,1-2H3,(H2,22,23,26)/t18-/m1/s1. The molecule has 1 aliphatic heterocycles. The monoisotopic (exact) mass is 466 g/mol. The summed E-state index contributed by atoms with van der Waals surface area (Å²) in [5, 5.41) is 14.6. The van der Waals surface area contributed by atoms with E-state index in [1.165, 1.54) is 49.6 Å². The molecule has 3 N–H and O–H groups in total. The summed E-state index contributed by atoms with van der Waals surface area (Å²) in [6.45, 7) is 0. The number of urea groups is 1. The minimum Gasteiger partial charge on any atom is -0.508 e. The van der Waals surface area contributed by atoms with Gasteiger partial charge in [-0.2, -0.15) is 0 Å². The smallest absolute Gasteiger partial charge is 0.338 e. The quantitative estimate of drug-likeness (QED) is 0.556. The van der Waals surface area contributed by atoms with Gasteiger partial charge in [0.1, 0.15) is 11.5 Å². The van der Waals surface area contributed by atoms with Gasteiger partial charge in [0.05, 0.1) is 41.5 Å². The number of hydrogen-bond acceptors (Lipinski definition) is 7. The molecule has 0 saturated carbocycles. The Labute approximate surface area is 183 Å². The Balaban J connectivity index is 2.08. The van der Waals surface area contributed by atoms with Crippen molar-refractivity contribution in [2.45, 2.75) is 10.9 Å². The molecule has 0 bridgehead atoms. The summed E-state index contributed by atoms with van der Waals surface area (Å²) in [5.74, 6) is -1.20. The third-order valence-electron chi connectivity index (χ3n) is 4.60. The second-order valence-corrected chi connectivity index (χ2v) is 8.96. The van der Waals surface area contributed by atoms with E-state index in [4.69, 9.17) is 21.1 Å². The molecule has 2 aromatic carbocycles. The summed E-state index contributed by atoms with van der Waals surface area (Å²) in [7, 11) is -1.46. The lowest BCUT2D eigenvalue weighted by molar-refractivity contribution is -0.136. The van der Waals surface area contributed by atoms with Gasteiger partial charge >= 0.3 is 12.0 Å². The molecule has 0 radical (unpaired) electrons. The zero-order valence-electron chi connectivity index (χ0n) is 16.5. The zero-order chi connectivity index (χ0) is 22.8. The minimum absolute atomic E-state index is 0.00760. The fourth-order valence-electron chi connectivity index (χ4n) is 3.11. The van der Waals surface area contributed by atoms with Gasteiger partial charge < -0.3 is 25.2 Å². The number of aromatic hydroxyl groups is 1.